The molecule has 0 saturated heterocycles. The number of nitrogens with one attached hydrogen (secondary N) is 2. The molecule has 0 bridgehead atoms. The summed E-state index contributed by atoms with van der Waals surface area (Å²) in [5.74, 6) is -0.122. The van der Waals surface area contributed by atoms with Crippen LogP contribution in [0.4, 0.5) is 0 Å². The Morgan fingerprint density at radius 1 is 0.882 bits per heavy atom. The first-order valence-corrected chi connectivity index (χ1v) is 11.4. The number of ether oxygens (including phenoxy) is 1. The van der Waals surface area contributed by atoms with Crippen molar-refractivity contribution >= 4 is 27.6 Å². The van der Waals surface area contributed by atoms with Crippen LogP contribution >= 0.6 is 0 Å². The van der Waals surface area contributed by atoms with Crippen molar-refractivity contribution in [2.75, 3.05) is 0 Å². The molecule has 0 aliphatic carbocycles. The number of rotatable bonds is 9. The van der Waals surface area contributed by atoms with Crippen LogP contribution < -0.4 is 10.1 Å². The van der Waals surface area contributed by atoms with Gasteiger partial charge in [-0.3, -0.25) is 10.1 Å². The summed E-state index contributed by atoms with van der Waals surface area (Å²) in [5.41, 5.74) is 4.03. The van der Waals surface area contributed by atoms with Gasteiger partial charge in [0, 0.05) is 35.6 Å². The Bertz CT molecular complexity index is 1430. The number of hydrogen-bond donors (Lipinski definition) is 3. The SMILES string of the molecule is O=C(O)[C@@H](Cc1c[nH]c2ccccc12)NCc1c(OCc2ccccc2)ccc2ccccc12. The van der Waals surface area contributed by atoms with E-state index in [1.807, 2.05) is 85.1 Å². The standard InChI is InChI=1S/C29H26N2O3/c32-29(33)27(16-22-17-30-26-13-7-6-12-24(22)26)31-18-25-23-11-5-4-10-21(23)14-15-28(25)34-19-20-8-2-1-3-9-20/h1-15,17,27,30-31H,16,18-19H2,(H,32,33)/t27-/m1/s1. The molecule has 5 heteroatoms. The van der Waals surface area contributed by atoms with Gasteiger partial charge in [-0.2, -0.15) is 0 Å². The minimum Gasteiger partial charge on any atom is -0.489 e. The summed E-state index contributed by atoms with van der Waals surface area (Å²) < 4.78 is 6.20. The van der Waals surface area contributed by atoms with Crippen molar-refractivity contribution in [3.8, 4) is 5.75 Å². The molecule has 0 aliphatic rings. The lowest BCUT2D eigenvalue weighted by Gasteiger charge is -2.18. The maximum absolute atomic E-state index is 12.1. The smallest absolute Gasteiger partial charge is 0.321 e. The van der Waals surface area contributed by atoms with Crippen molar-refractivity contribution < 1.29 is 14.6 Å². The monoisotopic (exact) mass is 450 g/mol. The molecular weight excluding hydrogens is 424 g/mol. The van der Waals surface area contributed by atoms with Crippen LogP contribution in [0.5, 0.6) is 5.75 Å². The van der Waals surface area contributed by atoms with Gasteiger partial charge in [0.05, 0.1) is 0 Å². The van der Waals surface area contributed by atoms with Gasteiger partial charge in [-0.25, -0.2) is 0 Å². The lowest BCUT2D eigenvalue weighted by atomic mass is 10.0. The van der Waals surface area contributed by atoms with Gasteiger partial charge in [0.1, 0.15) is 18.4 Å². The van der Waals surface area contributed by atoms with E-state index in [9.17, 15) is 9.90 Å². The Balaban J connectivity index is 1.40. The molecule has 1 atom stereocenters. The van der Waals surface area contributed by atoms with E-state index in [4.69, 9.17) is 4.74 Å². The van der Waals surface area contributed by atoms with E-state index in [-0.39, 0.29) is 0 Å². The summed E-state index contributed by atoms with van der Waals surface area (Å²) in [4.78, 5) is 15.4. The summed E-state index contributed by atoms with van der Waals surface area (Å²) in [6.07, 6.45) is 2.28. The van der Waals surface area contributed by atoms with Gasteiger partial charge in [-0.1, -0.05) is 78.9 Å². The Kier molecular flexibility index (Phi) is 6.27. The van der Waals surface area contributed by atoms with Crippen LogP contribution in [0.15, 0.2) is 97.2 Å². The molecule has 5 rings (SSSR count). The molecular formula is C29H26N2O3. The van der Waals surface area contributed by atoms with Gasteiger partial charge in [0.2, 0.25) is 0 Å². The Labute approximate surface area is 198 Å². The van der Waals surface area contributed by atoms with Gasteiger partial charge in [0.25, 0.3) is 0 Å². The summed E-state index contributed by atoms with van der Waals surface area (Å²) in [6.45, 7) is 0.828. The number of benzene rings is 4. The molecule has 0 spiro atoms. The fourth-order valence-corrected chi connectivity index (χ4v) is 4.36. The van der Waals surface area contributed by atoms with Crippen molar-refractivity contribution in [1.29, 1.82) is 0 Å². The predicted molar refractivity (Wildman–Crippen MR) is 135 cm³/mol. The number of para-hydroxylation sites is 1. The van der Waals surface area contributed by atoms with Crippen molar-refractivity contribution in [1.82, 2.24) is 10.3 Å². The Morgan fingerprint density at radius 2 is 1.62 bits per heavy atom. The van der Waals surface area contributed by atoms with E-state index in [2.05, 4.69) is 22.4 Å². The number of aliphatic carboxylic acids is 1. The zero-order chi connectivity index (χ0) is 23.3. The summed E-state index contributed by atoms with van der Waals surface area (Å²) >= 11 is 0. The number of fused-ring (bicyclic) bond motifs is 2. The molecule has 1 heterocycles. The molecule has 0 saturated carbocycles. The van der Waals surface area contributed by atoms with Crippen LogP contribution in [0.3, 0.4) is 0 Å². The van der Waals surface area contributed by atoms with Gasteiger partial charge < -0.3 is 14.8 Å². The van der Waals surface area contributed by atoms with E-state index < -0.39 is 12.0 Å². The second kappa shape index (κ2) is 9.81. The number of aromatic nitrogens is 1. The first-order valence-electron chi connectivity index (χ1n) is 11.4. The third-order valence-corrected chi connectivity index (χ3v) is 6.16. The topological polar surface area (TPSA) is 74.3 Å². The highest BCUT2D eigenvalue weighted by Gasteiger charge is 2.20. The van der Waals surface area contributed by atoms with Gasteiger partial charge in [-0.05, 0) is 34.0 Å². The summed E-state index contributed by atoms with van der Waals surface area (Å²) in [7, 11) is 0. The normalized spacial score (nSPS) is 12.1. The first kappa shape index (κ1) is 21.7. The maximum Gasteiger partial charge on any atom is 0.321 e. The third kappa shape index (κ3) is 4.65. The first-order chi connectivity index (χ1) is 16.7. The van der Waals surface area contributed by atoms with E-state index in [0.717, 1.165) is 44.1 Å². The molecule has 5 nitrogen and oxygen atoms in total. The number of H-pyrrole nitrogens is 1. The highest BCUT2D eigenvalue weighted by atomic mass is 16.5. The molecule has 34 heavy (non-hydrogen) atoms. The molecule has 0 fully saturated rings. The molecule has 1 aromatic heterocycles. The number of carboxylic acids is 1. The highest BCUT2D eigenvalue weighted by Crippen LogP contribution is 2.29. The average Bonchev–Trinajstić information content (AvgIpc) is 3.28. The lowest BCUT2D eigenvalue weighted by molar-refractivity contribution is -0.139. The quantitative estimate of drug-likeness (QED) is 0.270. The second-order valence-corrected chi connectivity index (χ2v) is 8.37. The number of hydrogen-bond acceptors (Lipinski definition) is 3. The van der Waals surface area contributed by atoms with E-state index in [1.165, 1.54) is 0 Å². The fourth-order valence-electron chi connectivity index (χ4n) is 4.36. The third-order valence-electron chi connectivity index (χ3n) is 6.16. The van der Waals surface area contributed by atoms with Gasteiger partial charge in [-0.15, -0.1) is 0 Å². The van der Waals surface area contributed by atoms with Crippen LogP contribution in [0.25, 0.3) is 21.7 Å². The van der Waals surface area contributed by atoms with E-state index >= 15 is 0 Å². The van der Waals surface area contributed by atoms with Crippen LogP contribution in [-0.4, -0.2) is 22.1 Å². The fraction of sp³-hybridized carbons (Fsp3) is 0.138. The Morgan fingerprint density at radius 3 is 2.44 bits per heavy atom. The molecule has 4 aromatic carbocycles. The number of aromatic amines is 1. The minimum atomic E-state index is -0.878. The largest absolute Gasteiger partial charge is 0.489 e. The zero-order valence-corrected chi connectivity index (χ0v) is 18.7. The van der Waals surface area contributed by atoms with Gasteiger partial charge in [0.15, 0.2) is 0 Å². The van der Waals surface area contributed by atoms with Crippen molar-refractivity contribution in [2.24, 2.45) is 0 Å². The zero-order valence-electron chi connectivity index (χ0n) is 18.7. The van der Waals surface area contributed by atoms with Crippen LogP contribution in [0, 0.1) is 0 Å². The molecule has 0 aliphatic heterocycles. The molecule has 0 radical (unpaired) electrons. The van der Waals surface area contributed by atoms with Crippen molar-refractivity contribution in [3.05, 3.63) is 114 Å². The summed E-state index contributed by atoms with van der Waals surface area (Å²) in [6, 6.07) is 29.3. The number of carbonyl (C=O) groups is 1. The van der Waals surface area contributed by atoms with Crippen LogP contribution in [0.1, 0.15) is 16.7 Å². The van der Waals surface area contributed by atoms with Crippen molar-refractivity contribution in [3.63, 3.8) is 0 Å². The Hall–Kier alpha value is -4.09. The number of carboxylic acid groups (broad SMARTS) is 1. The molecule has 170 valence electrons. The molecule has 3 N–H and O–H groups in total. The van der Waals surface area contributed by atoms with E-state index in [0.29, 0.717) is 19.6 Å². The lowest BCUT2D eigenvalue weighted by Crippen LogP contribution is -2.38. The molecule has 0 amide bonds. The molecule has 0 unspecified atom stereocenters. The predicted octanol–water partition coefficient (Wildman–Crippen LogP) is 5.69. The van der Waals surface area contributed by atoms with Crippen molar-refractivity contribution in [2.45, 2.75) is 25.6 Å². The minimum absolute atomic E-state index is 0.379. The van der Waals surface area contributed by atoms with E-state index in [1.54, 1.807) is 0 Å². The molecule has 5 aromatic rings. The summed E-state index contributed by atoms with van der Waals surface area (Å²) in [5, 5.41) is 16.4. The average molecular weight is 451 g/mol. The van der Waals surface area contributed by atoms with Gasteiger partial charge >= 0.3 is 5.97 Å². The highest BCUT2D eigenvalue weighted by molar-refractivity contribution is 5.88. The van der Waals surface area contributed by atoms with Crippen LogP contribution in [0.2, 0.25) is 0 Å². The maximum atomic E-state index is 12.1. The second-order valence-electron chi connectivity index (χ2n) is 8.37. The van der Waals surface area contributed by atoms with Crippen LogP contribution in [-0.2, 0) is 24.4 Å².